The van der Waals surface area contributed by atoms with Crippen molar-refractivity contribution in [1.29, 1.82) is 0 Å². The zero-order chi connectivity index (χ0) is 20.4. The highest BCUT2D eigenvalue weighted by Crippen LogP contribution is 2.34. The van der Waals surface area contributed by atoms with Crippen LogP contribution in [-0.2, 0) is 14.3 Å². The third-order valence-corrected chi connectivity index (χ3v) is 6.05. The number of imide groups is 1. The van der Waals surface area contributed by atoms with E-state index >= 15 is 0 Å². The van der Waals surface area contributed by atoms with Gasteiger partial charge >= 0.3 is 0 Å². The molecular formula is C22H31N3O3. The maximum Gasteiger partial charge on any atom is 0.277 e. The standard InChI is InChI=1S/C22H31N3O3/c1-15-6-7-17(14-16(15)2)19-20(22(27)25(21(19)26)12-13-28-5)24(4)18-8-10-23(3)11-9-18/h6-7,14,18H,8-13H2,1-5H3. The van der Waals surface area contributed by atoms with Crippen LogP contribution in [0, 0.1) is 13.8 Å². The summed E-state index contributed by atoms with van der Waals surface area (Å²) in [7, 11) is 5.65. The number of benzene rings is 1. The number of likely N-dealkylation sites (N-methyl/N-ethyl adjacent to an activating group) is 1. The summed E-state index contributed by atoms with van der Waals surface area (Å²) in [5.41, 5.74) is 4.14. The highest BCUT2D eigenvalue weighted by Gasteiger charge is 2.42. The minimum atomic E-state index is -0.222. The van der Waals surface area contributed by atoms with E-state index in [4.69, 9.17) is 4.74 Å². The van der Waals surface area contributed by atoms with Crippen molar-refractivity contribution in [3.8, 4) is 0 Å². The van der Waals surface area contributed by atoms with E-state index in [1.165, 1.54) is 10.5 Å². The average molecular weight is 386 g/mol. The van der Waals surface area contributed by atoms with Crippen molar-refractivity contribution in [3.63, 3.8) is 0 Å². The first-order valence-electron chi connectivity index (χ1n) is 9.93. The van der Waals surface area contributed by atoms with Gasteiger partial charge in [-0.1, -0.05) is 18.2 Å². The first-order chi connectivity index (χ1) is 13.3. The molecule has 1 fully saturated rings. The molecule has 2 aliphatic heterocycles. The molecule has 152 valence electrons. The number of carbonyl (C=O) groups excluding carboxylic acids is 2. The maximum absolute atomic E-state index is 13.2. The van der Waals surface area contributed by atoms with E-state index in [-0.39, 0.29) is 24.4 Å². The van der Waals surface area contributed by atoms with Gasteiger partial charge in [0, 0.05) is 20.2 Å². The number of carbonyl (C=O) groups is 2. The molecule has 0 spiro atoms. The summed E-state index contributed by atoms with van der Waals surface area (Å²) < 4.78 is 5.12. The summed E-state index contributed by atoms with van der Waals surface area (Å²) in [6.07, 6.45) is 1.96. The largest absolute Gasteiger partial charge is 0.383 e. The van der Waals surface area contributed by atoms with Gasteiger partial charge in [-0.2, -0.15) is 0 Å². The smallest absolute Gasteiger partial charge is 0.277 e. The number of aryl methyl sites for hydroxylation is 2. The Morgan fingerprint density at radius 1 is 1.11 bits per heavy atom. The lowest BCUT2D eigenvalue weighted by molar-refractivity contribution is -0.138. The Kier molecular flexibility index (Phi) is 6.20. The molecule has 6 nitrogen and oxygen atoms in total. The van der Waals surface area contributed by atoms with Gasteiger partial charge in [0.15, 0.2) is 0 Å². The van der Waals surface area contributed by atoms with Crippen molar-refractivity contribution in [2.45, 2.75) is 32.7 Å². The van der Waals surface area contributed by atoms with Crippen molar-refractivity contribution < 1.29 is 14.3 Å². The molecular weight excluding hydrogens is 354 g/mol. The summed E-state index contributed by atoms with van der Waals surface area (Å²) in [4.78, 5) is 32.1. The van der Waals surface area contributed by atoms with Crippen LogP contribution < -0.4 is 0 Å². The second kappa shape index (κ2) is 8.45. The first kappa shape index (κ1) is 20.6. The van der Waals surface area contributed by atoms with Crippen molar-refractivity contribution in [2.75, 3.05) is 47.4 Å². The molecule has 2 heterocycles. The van der Waals surface area contributed by atoms with Crippen LogP contribution in [0.2, 0.25) is 0 Å². The summed E-state index contributed by atoms with van der Waals surface area (Å²) in [6.45, 7) is 6.68. The van der Waals surface area contributed by atoms with Gasteiger partial charge in [-0.15, -0.1) is 0 Å². The number of methoxy groups -OCH3 is 1. The number of nitrogens with zero attached hydrogens (tertiary/aromatic N) is 3. The number of amides is 2. The van der Waals surface area contributed by atoms with Crippen LogP contribution in [-0.4, -0.2) is 80.0 Å². The van der Waals surface area contributed by atoms with E-state index in [0.717, 1.165) is 37.1 Å². The Labute approximate surface area is 167 Å². The second-order valence-corrected chi connectivity index (χ2v) is 7.92. The van der Waals surface area contributed by atoms with Crippen LogP contribution in [0.4, 0.5) is 0 Å². The van der Waals surface area contributed by atoms with Gasteiger partial charge in [-0.3, -0.25) is 14.5 Å². The van der Waals surface area contributed by atoms with Crippen molar-refractivity contribution in [1.82, 2.24) is 14.7 Å². The Balaban J connectivity index is 2.02. The number of hydrogen-bond donors (Lipinski definition) is 0. The summed E-state index contributed by atoms with van der Waals surface area (Å²) in [5.74, 6) is -0.434. The molecule has 6 heteroatoms. The summed E-state index contributed by atoms with van der Waals surface area (Å²) >= 11 is 0. The molecule has 2 aliphatic rings. The van der Waals surface area contributed by atoms with E-state index < -0.39 is 0 Å². The number of piperidine rings is 1. The Morgan fingerprint density at radius 3 is 2.39 bits per heavy atom. The van der Waals surface area contributed by atoms with Crippen LogP contribution in [0.1, 0.15) is 29.5 Å². The lowest BCUT2D eigenvalue weighted by atomic mass is 9.97. The minimum Gasteiger partial charge on any atom is -0.383 e. The van der Waals surface area contributed by atoms with Gasteiger partial charge in [0.2, 0.25) is 0 Å². The van der Waals surface area contributed by atoms with Crippen molar-refractivity contribution >= 4 is 17.4 Å². The fourth-order valence-corrected chi connectivity index (χ4v) is 4.00. The molecule has 0 N–H and O–H groups in total. The third-order valence-electron chi connectivity index (χ3n) is 6.05. The predicted octanol–water partition coefficient (Wildman–Crippen LogP) is 2.06. The molecule has 2 amide bonds. The first-order valence-corrected chi connectivity index (χ1v) is 9.93. The number of likely N-dealkylation sites (tertiary alicyclic amines) is 1. The Bertz CT molecular complexity index is 794. The topological polar surface area (TPSA) is 53.1 Å². The molecule has 0 unspecified atom stereocenters. The van der Waals surface area contributed by atoms with Crippen LogP contribution in [0.25, 0.3) is 5.57 Å². The monoisotopic (exact) mass is 385 g/mol. The fraction of sp³-hybridized carbons (Fsp3) is 0.545. The normalized spacial score (nSPS) is 19.1. The lowest BCUT2D eigenvalue weighted by Crippen LogP contribution is -2.44. The van der Waals surface area contributed by atoms with Gasteiger partial charge in [-0.05, 0) is 63.5 Å². The predicted molar refractivity (Wildman–Crippen MR) is 110 cm³/mol. The molecule has 28 heavy (non-hydrogen) atoms. The van der Waals surface area contributed by atoms with Crippen LogP contribution in [0.15, 0.2) is 23.9 Å². The van der Waals surface area contributed by atoms with E-state index in [1.807, 2.05) is 44.0 Å². The highest BCUT2D eigenvalue weighted by molar-refractivity contribution is 6.35. The van der Waals surface area contributed by atoms with E-state index in [0.29, 0.717) is 17.9 Å². The molecule has 1 saturated heterocycles. The van der Waals surface area contributed by atoms with Crippen molar-refractivity contribution in [3.05, 3.63) is 40.6 Å². The molecule has 0 radical (unpaired) electrons. The zero-order valence-electron chi connectivity index (χ0n) is 17.6. The second-order valence-electron chi connectivity index (χ2n) is 7.92. The van der Waals surface area contributed by atoms with Crippen LogP contribution in [0.3, 0.4) is 0 Å². The number of ether oxygens (including phenoxy) is 1. The minimum absolute atomic E-state index is 0.211. The van der Waals surface area contributed by atoms with Crippen molar-refractivity contribution in [2.24, 2.45) is 0 Å². The van der Waals surface area contributed by atoms with E-state index in [9.17, 15) is 9.59 Å². The molecule has 0 aliphatic carbocycles. The number of rotatable bonds is 6. The number of hydrogen-bond acceptors (Lipinski definition) is 5. The SMILES string of the molecule is COCCN1C(=O)C(c2ccc(C)c(C)c2)=C(N(C)C2CCN(C)CC2)C1=O. The van der Waals surface area contributed by atoms with Gasteiger partial charge < -0.3 is 14.5 Å². The van der Waals surface area contributed by atoms with Gasteiger partial charge in [0.25, 0.3) is 11.8 Å². The van der Waals surface area contributed by atoms with E-state index in [2.05, 4.69) is 11.9 Å². The molecule has 0 saturated carbocycles. The molecule has 0 bridgehead atoms. The summed E-state index contributed by atoms with van der Waals surface area (Å²) in [5, 5.41) is 0. The van der Waals surface area contributed by atoms with E-state index in [1.54, 1.807) is 7.11 Å². The Morgan fingerprint density at radius 2 is 1.79 bits per heavy atom. The molecule has 1 aromatic rings. The van der Waals surface area contributed by atoms with Gasteiger partial charge in [0.05, 0.1) is 18.7 Å². The molecule has 0 atom stereocenters. The molecule has 3 rings (SSSR count). The Hall–Kier alpha value is -2.18. The quantitative estimate of drug-likeness (QED) is 0.702. The van der Waals surface area contributed by atoms with Gasteiger partial charge in [0.1, 0.15) is 5.70 Å². The lowest BCUT2D eigenvalue weighted by Gasteiger charge is -2.36. The highest BCUT2D eigenvalue weighted by atomic mass is 16.5. The fourth-order valence-electron chi connectivity index (χ4n) is 4.00. The molecule has 1 aromatic carbocycles. The maximum atomic E-state index is 13.2. The summed E-state index contributed by atoms with van der Waals surface area (Å²) in [6, 6.07) is 6.23. The van der Waals surface area contributed by atoms with Crippen LogP contribution in [0.5, 0.6) is 0 Å². The van der Waals surface area contributed by atoms with Crippen LogP contribution >= 0.6 is 0 Å². The average Bonchev–Trinajstić information content (AvgIpc) is 2.92. The molecule has 0 aromatic heterocycles. The third kappa shape index (κ3) is 3.84. The zero-order valence-corrected chi connectivity index (χ0v) is 17.6. The van der Waals surface area contributed by atoms with Gasteiger partial charge in [-0.25, -0.2) is 0 Å².